The van der Waals surface area contributed by atoms with Gasteiger partial charge in [0.05, 0.1) is 13.0 Å². The van der Waals surface area contributed by atoms with E-state index >= 15 is 0 Å². The lowest BCUT2D eigenvalue weighted by molar-refractivity contribution is -0.143. The van der Waals surface area contributed by atoms with Gasteiger partial charge in [0.2, 0.25) is 0 Å². The third-order valence-electron chi connectivity index (χ3n) is 7.00. The van der Waals surface area contributed by atoms with Crippen molar-refractivity contribution in [2.24, 2.45) is 23.5 Å². The molecule has 0 amide bonds. The lowest BCUT2D eigenvalue weighted by Gasteiger charge is -2.25. The van der Waals surface area contributed by atoms with Crippen molar-refractivity contribution >= 4 is 25.4 Å². The number of esters is 1. The van der Waals surface area contributed by atoms with Crippen LogP contribution in [0.25, 0.3) is 0 Å². The normalized spacial score (nSPS) is 25.4. The minimum atomic E-state index is -1.32. The van der Waals surface area contributed by atoms with Gasteiger partial charge in [0.25, 0.3) is 9.04 Å². The minimum absolute atomic E-state index is 0.0890. The molecule has 2 aromatic carbocycles. The number of carbonyl (C=O) groups excluding carboxylic acids is 1. The molecule has 2 aliphatic carbocycles. The van der Waals surface area contributed by atoms with Crippen molar-refractivity contribution in [2.75, 3.05) is 6.61 Å². The highest BCUT2D eigenvalue weighted by Crippen LogP contribution is 2.59. The molecule has 2 saturated carbocycles. The zero-order chi connectivity index (χ0) is 22.9. The number of nitrogens with two attached hydrogens (primary N) is 1. The molecule has 4 nitrogen and oxygen atoms in total. The van der Waals surface area contributed by atoms with E-state index in [1.54, 1.807) is 0 Å². The Balaban J connectivity index is 1.41. The topological polar surface area (TPSA) is 61.5 Å². The van der Waals surface area contributed by atoms with Crippen molar-refractivity contribution in [3.05, 3.63) is 60.2 Å². The van der Waals surface area contributed by atoms with E-state index in [0.29, 0.717) is 30.8 Å². The van der Waals surface area contributed by atoms with Gasteiger partial charge >= 0.3 is 5.97 Å². The van der Waals surface area contributed by atoms with Crippen LogP contribution in [0, 0.1) is 17.8 Å². The first kappa shape index (κ1) is 23.2. The highest BCUT2D eigenvalue weighted by Gasteiger charge is 2.58. The maximum atomic E-state index is 11.8. The summed E-state index contributed by atoms with van der Waals surface area (Å²) in [5.74, 6) is 1.45. The van der Waals surface area contributed by atoms with Crippen molar-refractivity contribution in [1.29, 1.82) is 0 Å². The summed E-state index contributed by atoms with van der Waals surface area (Å²) in [5.41, 5.74) is 7.83. The number of fused-ring (bicyclic) bond motifs is 1. The number of ether oxygens (including phenoxy) is 1. The fraction of sp³-hybridized carbons (Fsp3) is 0.519. The van der Waals surface area contributed by atoms with Crippen LogP contribution >= 0.6 is 0 Å². The van der Waals surface area contributed by atoms with Crippen LogP contribution in [0.3, 0.4) is 0 Å². The third kappa shape index (κ3) is 5.16. The second-order valence-electron chi connectivity index (χ2n) is 10.3. The smallest absolute Gasteiger partial charge is 0.307 e. The number of hydrogen-bond acceptors (Lipinski definition) is 4. The Bertz CT molecular complexity index is 897. The van der Waals surface area contributed by atoms with Gasteiger partial charge in [0.1, 0.15) is 0 Å². The molecule has 0 heterocycles. The highest BCUT2D eigenvalue weighted by molar-refractivity contribution is 6.80. The summed E-state index contributed by atoms with van der Waals surface area (Å²) in [6, 6.07) is 19.6. The van der Waals surface area contributed by atoms with E-state index in [0.717, 1.165) is 12.8 Å². The molecular formula is C27H36NO3Si. The van der Waals surface area contributed by atoms with Crippen LogP contribution in [-0.4, -0.2) is 33.8 Å². The molecule has 2 fully saturated rings. The van der Waals surface area contributed by atoms with Crippen LogP contribution in [0.2, 0.25) is 0 Å². The van der Waals surface area contributed by atoms with E-state index in [1.165, 1.54) is 15.9 Å². The molecule has 32 heavy (non-hydrogen) atoms. The summed E-state index contributed by atoms with van der Waals surface area (Å²) < 4.78 is 11.9. The van der Waals surface area contributed by atoms with Gasteiger partial charge in [0.15, 0.2) is 0 Å². The molecular weight excluding hydrogens is 414 g/mol. The molecule has 3 unspecified atom stereocenters. The standard InChI is InChI=1S/C27H36NO3Si/c1-5-30-25(29)17-24(28)26-22-15-19(16-23(22)26)31-32(20-9-7-6-8-10-20)21-13-11-18(12-14-21)27(2,3)4/h6-14,19,22-24,26H,5,15-17,28H2,1-4H3. The minimum Gasteiger partial charge on any atom is -0.466 e. The second kappa shape index (κ2) is 9.50. The molecule has 0 saturated heterocycles. The Morgan fingerprint density at radius 2 is 1.62 bits per heavy atom. The summed E-state index contributed by atoms with van der Waals surface area (Å²) in [7, 11) is -1.32. The fourth-order valence-electron chi connectivity index (χ4n) is 5.30. The maximum Gasteiger partial charge on any atom is 0.307 e. The van der Waals surface area contributed by atoms with Crippen LogP contribution < -0.4 is 16.1 Å². The monoisotopic (exact) mass is 450 g/mol. The van der Waals surface area contributed by atoms with Gasteiger partial charge in [-0.1, -0.05) is 75.4 Å². The molecule has 2 aromatic rings. The summed E-state index contributed by atoms with van der Waals surface area (Å²) in [6.45, 7) is 8.99. The van der Waals surface area contributed by atoms with Crippen LogP contribution in [0.1, 0.15) is 52.5 Å². The van der Waals surface area contributed by atoms with Gasteiger partial charge in [-0.15, -0.1) is 0 Å². The largest absolute Gasteiger partial charge is 0.466 e. The predicted molar refractivity (Wildman–Crippen MR) is 130 cm³/mol. The molecule has 0 aromatic heterocycles. The number of carbonyl (C=O) groups is 1. The fourth-order valence-corrected chi connectivity index (χ4v) is 7.40. The Hall–Kier alpha value is -1.95. The predicted octanol–water partition coefficient (Wildman–Crippen LogP) is 3.41. The van der Waals surface area contributed by atoms with Gasteiger partial charge in [-0.2, -0.15) is 0 Å². The summed E-state index contributed by atoms with van der Waals surface area (Å²) in [5, 5.41) is 2.59. The Labute approximate surface area is 194 Å². The highest BCUT2D eigenvalue weighted by atomic mass is 28.3. The van der Waals surface area contributed by atoms with E-state index in [1.807, 2.05) is 6.92 Å². The molecule has 2 N–H and O–H groups in total. The molecule has 3 atom stereocenters. The Morgan fingerprint density at radius 1 is 1.03 bits per heavy atom. The average Bonchev–Trinajstić information content (AvgIpc) is 3.27. The van der Waals surface area contributed by atoms with E-state index in [9.17, 15) is 4.79 Å². The van der Waals surface area contributed by atoms with Crippen molar-refractivity contribution in [2.45, 2.75) is 64.5 Å². The van der Waals surface area contributed by atoms with Crippen molar-refractivity contribution in [3.63, 3.8) is 0 Å². The van der Waals surface area contributed by atoms with Crippen molar-refractivity contribution in [1.82, 2.24) is 0 Å². The molecule has 0 aliphatic heterocycles. The first-order chi connectivity index (χ1) is 15.3. The summed E-state index contributed by atoms with van der Waals surface area (Å²) in [4.78, 5) is 11.8. The second-order valence-corrected chi connectivity index (χ2v) is 12.4. The lowest BCUT2D eigenvalue weighted by Crippen LogP contribution is -2.47. The van der Waals surface area contributed by atoms with E-state index in [4.69, 9.17) is 14.9 Å². The number of rotatable bonds is 8. The Morgan fingerprint density at radius 3 is 2.19 bits per heavy atom. The van der Waals surface area contributed by atoms with Crippen LogP contribution in [0.4, 0.5) is 0 Å². The third-order valence-corrected chi connectivity index (χ3v) is 9.29. The number of hydrogen-bond donors (Lipinski definition) is 1. The van der Waals surface area contributed by atoms with Gasteiger partial charge in [-0.05, 0) is 58.9 Å². The first-order valence-electron chi connectivity index (χ1n) is 11.9. The molecule has 171 valence electrons. The van der Waals surface area contributed by atoms with Crippen molar-refractivity contribution in [3.8, 4) is 0 Å². The SMILES string of the molecule is CCOC(=O)CC(N)C1C2CC(O[Si](c3ccccc3)c3ccc(C(C)(C)C)cc3)CC21. The van der Waals surface area contributed by atoms with Gasteiger partial charge in [-0.3, -0.25) is 4.79 Å². The van der Waals surface area contributed by atoms with Crippen LogP contribution in [0.15, 0.2) is 54.6 Å². The molecule has 5 heteroatoms. The molecule has 4 rings (SSSR count). The van der Waals surface area contributed by atoms with Gasteiger partial charge in [0, 0.05) is 12.1 Å². The zero-order valence-corrected chi connectivity index (χ0v) is 20.7. The molecule has 0 bridgehead atoms. The molecule has 1 radical (unpaired) electrons. The van der Waals surface area contributed by atoms with Crippen molar-refractivity contribution < 1.29 is 14.0 Å². The summed E-state index contributed by atoms with van der Waals surface area (Å²) in [6.07, 6.45) is 2.70. The summed E-state index contributed by atoms with van der Waals surface area (Å²) >= 11 is 0. The van der Waals surface area contributed by atoms with Crippen LogP contribution in [-0.2, 0) is 19.4 Å². The quantitative estimate of drug-likeness (QED) is 0.495. The lowest BCUT2D eigenvalue weighted by atomic mass is 9.87. The van der Waals surface area contributed by atoms with Gasteiger partial charge < -0.3 is 14.9 Å². The average molecular weight is 451 g/mol. The maximum absolute atomic E-state index is 11.8. The zero-order valence-electron chi connectivity index (χ0n) is 19.7. The first-order valence-corrected chi connectivity index (χ1v) is 13.3. The number of benzene rings is 2. The van der Waals surface area contributed by atoms with E-state index in [-0.39, 0.29) is 23.5 Å². The van der Waals surface area contributed by atoms with Crippen LogP contribution in [0.5, 0.6) is 0 Å². The van der Waals surface area contributed by atoms with E-state index < -0.39 is 9.04 Å². The van der Waals surface area contributed by atoms with Gasteiger partial charge in [-0.25, -0.2) is 0 Å². The molecule has 0 spiro atoms. The molecule has 2 aliphatic rings. The Kier molecular flexibility index (Phi) is 6.89. The van der Waals surface area contributed by atoms with E-state index in [2.05, 4.69) is 75.4 Å².